The molecule has 0 amide bonds. The molecule has 0 atom stereocenters. The molecule has 14 nitrogen and oxygen atoms in total. The quantitative estimate of drug-likeness (QED) is 0.212. The van der Waals surface area contributed by atoms with Gasteiger partial charge in [-0.1, -0.05) is 0 Å². The van der Waals surface area contributed by atoms with Crippen molar-refractivity contribution in [3.63, 3.8) is 0 Å². The second-order valence-corrected chi connectivity index (χ2v) is 12.1. The van der Waals surface area contributed by atoms with Gasteiger partial charge in [-0.05, 0) is 37.1 Å². The minimum absolute atomic E-state index is 0.0433. The molecule has 0 spiro atoms. The standard InChI is InChI=1S/C10H14N2O4S.C6H6ClNO4S.C6H7NO2/c1-16-10(13)9-6-8(7-11-9)17(14,15)12-4-2-3-5-12;1-12-6(9)5-2-4(3-8-5)13(7,10)11;1-9-6(8)5-3-2-4-7-5/h6-7,11H,2-5H2,1H3;2-3,8H,1H3;2-4,7H,1H3. The van der Waals surface area contributed by atoms with Crippen LogP contribution < -0.4 is 0 Å². The van der Waals surface area contributed by atoms with Gasteiger partial charge in [0.2, 0.25) is 10.0 Å². The molecule has 0 bridgehead atoms. The van der Waals surface area contributed by atoms with E-state index in [1.54, 1.807) is 18.3 Å². The molecule has 4 heterocycles. The molecule has 0 saturated carbocycles. The van der Waals surface area contributed by atoms with Crippen molar-refractivity contribution >= 4 is 47.7 Å². The Morgan fingerprint density at radius 1 is 0.769 bits per heavy atom. The van der Waals surface area contributed by atoms with Crippen molar-refractivity contribution in [3.8, 4) is 0 Å². The van der Waals surface area contributed by atoms with E-state index < -0.39 is 31.0 Å². The fraction of sp³-hybridized carbons (Fsp3) is 0.318. The van der Waals surface area contributed by atoms with Crippen LogP contribution in [0.5, 0.6) is 0 Å². The van der Waals surface area contributed by atoms with Gasteiger partial charge in [0, 0.05) is 42.4 Å². The van der Waals surface area contributed by atoms with Gasteiger partial charge < -0.3 is 29.2 Å². The van der Waals surface area contributed by atoms with E-state index in [2.05, 4.69) is 29.2 Å². The Bertz CT molecular complexity index is 1470. The highest BCUT2D eigenvalue weighted by Crippen LogP contribution is 2.21. The van der Waals surface area contributed by atoms with Crippen LogP contribution in [0.1, 0.15) is 44.3 Å². The molecule has 0 unspecified atom stereocenters. The van der Waals surface area contributed by atoms with Crippen molar-refractivity contribution < 1.29 is 45.4 Å². The molecule has 214 valence electrons. The number of carbonyl (C=O) groups is 3. The van der Waals surface area contributed by atoms with E-state index >= 15 is 0 Å². The normalized spacial score (nSPS) is 13.3. The van der Waals surface area contributed by atoms with Gasteiger partial charge in [-0.15, -0.1) is 0 Å². The van der Waals surface area contributed by atoms with E-state index in [1.165, 1.54) is 37.9 Å². The highest BCUT2D eigenvalue weighted by atomic mass is 35.7. The minimum atomic E-state index is -3.79. The summed E-state index contributed by atoms with van der Waals surface area (Å²) in [6.07, 6.45) is 5.88. The number of nitrogens with zero attached hydrogens (tertiary/aromatic N) is 1. The maximum absolute atomic E-state index is 12.1. The lowest BCUT2D eigenvalue weighted by Crippen LogP contribution is -2.27. The fourth-order valence-corrected chi connectivity index (χ4v) is 5.38. The van der Waals surface area contributed by atoms with E-state index in [0.29, 0.717) is 18.8 Å². The van der Waals surface area contributed by atoms with Gasteiger partial charge in [0.1, 0.15) is 26.9 Å². The second kappa shape index (κ2) is 14.0. The number of rotatable bonds is 6. The maximum Gasteiger partial charge on any atom is 0.354 e. The molecule has 17 heteroatoms. The van der Waals surface area contributed by atoms with Crippen molar-refractivity contribution in [1.82, 2.24) is 19.3 Å². The number of ether oxygens (including phenoxy) is 3. The summed E-state index contributed by atoms with van der Waals surface area (Å²) in [6, 6.07) is 5.81. The number of aromatic amines is 3. The average Bonchev–Trinajstić information content (AvgIpc) is 3.74. The van der Waals surface area contributed by atoms with Crippen LogP contribution in [0.15, 0.2) is 52.6 Å². The number of halogens is 1. The molecular weight excluding hydrogens is 580 g/mol. The van der Waals surface area contributed by atoms with E-state index in [4.69, 9.17) is 10.7 Å². The number of methoxy groups -OCH3 is 3. The van der Waals surface area contributed by atoms with Crippen LogP contribution in [0.3, 0.4) is 0 Å². The molecule has 0 aliphatic carbocycles. The average molecular weight is 607 g/mol. The lowest BCUT2D eigenvalue weighted by molar-refractivity contribution is 0.0586. The van der Waals surface area contributed by atoms with Crippen LogP contribution in [-0.4, -0.2) is 88.4 Å². The van der Waals surface area contributed by atoms with Gasteiger partial charge in [-0.25, -0.2) is 31.2 Å². The Balaban J connectivity index is 0.000000216. The summed E-state index contributed by atoms with van der Waals surface area (Å²) in [4.78, 5) is 40.4. The van der Waals surface area contributed by atoms with Crippen LogP contribution >= 0.6 is 10.7 Å². The molecule has 0 radical (unpaired) electrons. The molecule has 1 aliphatic rings. The van der Waals surface area contributed by atoms with Crippen molar-refractivity contribution in [2.75, 3.05) is 34.4 Å². The molecular formula is C22H27ClN4O10S2. The number of H-pyrrole nitrogens is 3. The van der Waals surface area contributed by atoms with Crippen LogP contribution in [-0.2, 0) is 33.3 Å². The summed E-state index contributed by atoms with van der Waals surface area (Å²) in [7, 11) is 1.55. The smallest absolute Gasteiger partial charge is 0.354 e. The minimum Gasteiger partial charge on any atom is -0.464 e. The summed E-state index contributed by atoms with van der Waals surface area (Å²) < 4.78 is 60.4. The summed E-state index contributed by atoms with van der Waals surface area (Å²) in [5, 5.41) is 0. The van der Waals surface area contributed by atoms with Crippen molar-refractivity contribution in [1.29, 1.82) is 0 Å². The molecule has 3 aromatic heterocycles. The maximum atomic E-state index is 12.1. The number of hydrogen-bond acceptors (Lipinski definition) is 10. The highest BCUT2D eigenvalue weighted by molar-refractivity contribution is 8.13. The summed E-state index contributed by atoms with van der Waals surface area (Å²) >= 11 is 0. The molecule has 1 saturated heterocycles. The highest BCUT2D eigenvalue weighted by Gasteiger charge is 2.28. The molecule has 4 rings (SSSR count). The van der Waals surface area contributed by atoms with Gasteiger partial charge in [-0.3, -0.25) is 0 Å². The summed E-state index contributed by atoms with van der Waals surface area (Å²) in [5.41, 5.74) is 0.671. The monoisotopic (exact) mass is 606 g/mol. The molecule has 3 aromatic rings. The fourth-order valence-electron chi connectivity index (χ4n) is 3.14. The van der Waals surface area contributed by atoms with Gasteiger partial charge in [0.05, 0.1) is 21.3 Å². The zero-order valence-electron chi connectivity index (χ0n) is 21.1. The first-order chi connectivity index (χ1) is 18.3. The number of aromatic nitrogens is 3. The Labute approximate surface area is 229 Å². The zero-order valence-corrected chi connectivity index (χ0v) is 23.5. The van der Waals surface area contributed by atoms with Gasteiger partial charge in [0.15, 0.2) is 0 Å². The zero-order chi connectivity index (χ0) is 29.2. The van der Waals surface area contributed by atoms with Crippen LogP contribution in [0, 0.1) is 0 Å². The topological polar surface area (TPSA) is 198 Å². The number of carbonyl (C=O) groups excluding carboxylic acids is 3. The summed E-state index contributed by atoms with van der Waals surface area (Å²) in [6.45, 7) is 1.09. The third-order valence-corrected chi connectivity index (χ3v) is 8.32. The van der Waals surface area contributed by atoms with Crippen LogP contribution in [0.2, 0.25) is 0 Å². The van der Waals surface area contributed by atoms with Gasteiger partial charge in [-0.2, -0.15) is 4.31 Å². The molecule has 1 aliphatic heterocycles. The van der Waals surface area contributed by atoms with Gasteiger partial charge in [0.25, 0.3) is 9.05 Å². The predicted molar refractivity (Wildman–Crippen MR) is 137 cm³/mol. The van der Waals surface area contributed by atoms with Crippen molar-refractivity contribution in [3.05, 3.63) is 59.9 Å². The first-order valence-electron chi connectivity index (χ1n) is 11.0. The second-order valence-electron chi connectivity index (χ2n) is 7.61. The van der Waals surface area contributed by atoms with E-state index in [-0.39, 0.29) is 27.1 Å². The van der Waals surface area contributed by atoms with E-state index in [1.807, 2.05) is 0 Å². The number of hydrogen-bond donors (Lipinski definition) is 3. The molecule has 3 N–H and O–H groups in total. The number of nitrogens with one attached hydrogen (secondary N) is 3. The largest absolute Gasteiger partial charge is 0.464 e. The van der Waals surface area contributed by atoms with E-state index in [9.17, 15) is 31.2 Å². The lowest BCUT2D eigenvalue weighted by atomic mass is 10.4. The third kappa shape index (κ3) is 8.71. The Morgan fingerprint density at radius 2 is 1.23 bits per heavy atom. The lowest BCUT2D eigenvalue weighted by Gasteiger charge is -2.13. The van der Waals surface area contributed by atoms with Crippen molar-refractivity contribution in [2.24, 2.45) is 0 Å². The molecule has 39 heavy (non-hydrogen) atoms. The number of esters is 3. The Kier molecular flexibility index (Phi) is 11.3. The predicted octanol–water partition coefficient (Wildman–Crippen LogP) is 2.12. The SMILES string of the molecule is COC(=O)c1cc(S(=O)(=O)Cl)c[nH]1.COC(=O)c1cc(S(=O)(=O)N2CCCC2)c[nH]1.COC(=O)c1ccc[nH]1. The first kappa shape index (κ1) is 31.6. The van der Waals surface area contributed by atoms with Crippen LogP contribution in [0.25, 0.3) is 0 Å². The van der Waals surface area contributed by atoms with E-state index in [0.717, 1.165) is 25.1 Å². The third-order valence-electron chi connectivity index (χ3n) is 5.11. The molecule has 1 fully saturated rings. The molecule has 0 aromatic carbocycles. The van der Waals surface area contributed by atoms with Crippen molar-refractivity contribution in [2.45, 2.75) is 22.6 Å². The summed E-state index contributed by atoms with van der Waals surface area (Å²) in [5.74, 6) is -1.56. The van der Waals surface area contributed by atoms with Crippen LogP contribution in [0.4, 0.5) is 0 Å². The Morgan fingerprint density at radius 3 is 1.64 bits per heavy atom. The Hall–Kier alpha value is -3.60. The first-order valence-corrected chi connectivity index (χ1v) is 14.8. The van der Waals surface area contributed by atoms with Gasteiger partial charge >= 0.3 is 17.9 Å². The number of sulfonamides is 1.